The molecule has 1 aliphatic rings. The molecule has 2 atom stereocenters. The third-order valence-electron chi connectivity index (χ3n) is 2.68. The van der Waals surface area contributed by atoms with Crippen molar-refractivity contribution in [3.05, 3.63) is 23.9 Å². The molecule has 0 aromatic carbocycles. The topological polar surface area (TPSA) is 71.5 Å². The van der Waals surface area contributed by atoms with Crippen molar-refractivity contribution < 1.29 is 14.6 Å². The van der Waals surface area contributed by atoms with Gasteiger partial charge in [-0.3, -0.25) is 0 Å². The SMILES string of the molecule is C[C@H]1OCC[C@H]1Nc1cccc(C(=O)O)n1. The molecule has 5 heteroatoms. The largest absolute Gasteiger partial charge is 0.477 e. The summed E-state index contributed by atoms with van der Waals surface area (Å²) >= 11 is 0. The molecule has 0 unspecified atom stereocenters. The van der Waals surface area contributed by atoms with E-state index in [1.807, 2.05) is 6.92 Å². The van der Waals surface area contributed by atoms with Crippen molar-refractivity contribution in [2.75, 3.05) is 11.9 Å². The first-order valence-corrected chi connectivity index (χ1v) is 5.25. The minimum Gasteiger partial charge on any atom is -0.477 e. The molecule has 86 valence electrons. The second-order valence-corrected chi connectivity index (χ2v) is 3.83. The van der Waals surface area contributed by atoms with Gasteiger partial charge < -0.3 is 15.2 Å². The summed E-state index contributed by atoms with van der Waals surface area (Å²) in [5, 5.41) is 12.0. The molecule has 0 spiro atoms. The van der Waals surface area contributed by atoms with Crippen LogP contribution < -0.4 is 5.32 Å². The smallest absolute Gasteiger partial charge is 0.354 e. The Bertz CT molecular complexity index is 395. The summed E-state index contributed by atoms with van der Waals surface area (Å²) in [6.07, 6.45) is 1.05. The first kappa shape index (κ1) is 10.9. The maximum absolute atomic E-state index is 10.7. The lowest BCUT2D eigenvalue weighted by atomic mass is 10.1. The van der Waals surface area contributed by atoms with Gasteiger partial charge in [0.1, 0.15) is 5.82 Å². The fraction of sp³-hybridized carbons (Fsp3) is 0.455. The zero-order valence-electron chi connectivity index (χ0n) is 9.01. The van der Waals surface area contributed by atoms with Crippen LogP contribution in [0.2, 0.25) is 0 Å². The van der Waals surface area contributed by atoms with Gasteiger partial charge in [-0.15, -0.1) is 0 Å². The molecule has 0 amide bonds. The van der Waals surface area contributed by atoms with Gasteiger partial charge in [-0.1, -0.05) is 6.07 Å². The van der Waals surface area contributed by atoms with Crippen molar-refractivity contribution in [1.29, 1.82) is 0 Å². The summed E-state index contributed by atoms with van der Waals surface area (Å²) in [5.41, 5.74) is 0.0524. The van der Waals surface area contributed by atoms with Crippen LogP contribution in [-0.2, 0) is 4.74 Å². The molecule has 5 nitrogen and oxygen atoms in total. The van der Waals surface area contributed by atoms with Crippen molar-refractivity contribution in [1.82, 2.24) is 4.98 Å². The van der Waals surface area contributed by atoms with E-state index in [1.54, 1.807) is 12.1 Å². The maximum atomic E-state index is 10.7. The second kappa shape index (κ2) is 4.49. The van der Waals surface area contributed by atoms with Crippen molar-refractivity contribution in [2.45, 2.75) is 25.5 Å². The zero-order valence-corrected chi connectivity index (χ0v) is 9.01. The molecular weight excluding hydrogens is 208 g/mol. The van der Waals surface area contributed by atoms with E-state index in [4.69, 9.17) is 9.84 Å². The molecule has 0 saturated carbocycles. The van der Waals surface area contributed by atoms with Crippen LogP contribution in [0.15, 0.2) is 18.2 Å². The number of ether oxygens (including phenoxy) is 1. The third-order valence-corrected chi connectivity index (χ3v) is 2.68. The summed E-state index contributed by atoms with van der Waals surface area (Å²) in [4.78, 5) is 14.7. The molecule has 1 aliphatic heterocycles. The highest BCUT2D eigenvalue weighted by atomic mass is 16.5. The minimum atomic E-state index is -1.01. The average molecular weight is 222 g/mol. The normalized spacial score (nSPS) is 24.3. The van der Waals surface area contributed by atoms with Crippen molar-refractivity contribution in [3.8, 4) is 0 Å². The van der Waals surface area contributed by atoms with E-state index in [0.717, 1.165) is 13.0 Å². The van der Waals surface area contributed by atoms with E-state index in [0.29, 0.717) is 5.82 Å². The van der Waals surface area contributed by atoms with Crippen LogP contribution in [-0.4, -0.2) is 34.8 Å². The standard InChI is InChI=1S/C11H14N2O3/c1-7-8(5-6-16-7)12-10-4-2-3-9(13-10)11(14)15/h2-4,7-8H,5-6H2,1H3,(H,12,13)(H,14,15)/t7-,8-/m1/s1. The van der Waals surface area contributed by atoms with Crippen LogP contribution in [0.1, 0.15) is 23.8 Å². The summed E-state index contributed by atoms with van der Waals surface area (Å²) < 4.78 is 5.41. The molecule has 1 fully saturated rings. The van der Waals surface area contributed by atoms with Gasteiger partial charge in [0, 0.05) is 6.61 Å². The lowest BCUT2D eigenvalue weighted by Gasteiger charge is -2.16. The van der Waals surface area contributed by atoms with Crippen LogP contribution in [0.25, 0.3) is 0 Å². The molecule has 1 aromatic rings. The number of anilines is 1. The monoisotopic (exact) mass is 222 g/mol. The predicted octanol–water partition coefficient (Wildman–Crippen LogP) is 1.37. The number of pyridine rings is 1. The summed E-state index contributed by atoms with van der Waals surface area (Å²) in [5.74, 6) is -0.429. The first-order valence-electron chi connectivity index (χ1n) is 5.25. The number of carbonyl (C=O) groups is 1. The van der Waals surface area contributed by atoms with Gasteiger partial charge >= 0.3 is 5.97 Å². The highest BCUT2D eigenvalue weighted by molar-refractivity contribution is 5.85. The molecule has 2 heterocycles. The number of hydrogen-bond acceptors (Lipinski definition) is 4. The quantitative estimate of drug-likeness (QED) is 0.808. The van der Waals surface area contributed by atoms with Gasteiger partial charge in [0.2, 0.25) is 0 Å². The Morgan fingerprint density at radius 3 is 3.06 bits per heavy atom. The molecule has 2 rings (SSSR count). The van der Waals surface area contributed by atoms with Gasteiger partial charge in [-0.05, 0) is 25.5 Å². The van der Waals surface area contributed by atoms with Gasteiger partial charge in [0.15, 0.2) is 5.69 Å². The van der Waals surface area contributed by atoms with Gasteiger partial charge in [0.05, 0.1) is 12.1 Å². The highest BCUT2D eigenvalue weighted by Crippen LogP contribution is 2.17. The molecule has 1 aromatic heterocycles. The lowest BCUT2D eigenvalue weighted by molar-refractivity contribution is 0.0690. The molecule has 0 aliphatic carbocycles. The number of nitrogens with one attached hydrogen (secondary N) is 1. The Balaban J connectivity index is 2.09. The van der Waals surface area contributed by atoms with Crippen molar-refractivity contribution >= 4 is 11.8 Å². The minimum absolute atomic E-state index is 0.0524. The number of nitrogens with zero attached hydrogens (tertiary/aromatic N) is 1. The van der Waals surface area contributed by atoms with Crippen LogP contribution >= 0.6 is 0 Å². The Morgan fingerprint density at radius 1 is 1.62 bits per heavy atom. The zero-order chi connectivity index (χ0) is 11.5. The van der Waals surface area contributed by atoms with Crippen molar-refractivity contribution in [3.63, 3.8) is 0 Å². The number of aromatic nitrogens is 1. The van der Waals surface area contributed by atoms with Crippen LogP contribution in [0, 0.1) is 0 Å². The third kappa shape index (κ3) is 2.30. The van der Waals surface area contributed by atoms with Gasteiger partial charge in [-0.25, -0.2) is 9.78 Å². The number of carboxylic acids is 1. The summed E-state index contributed by atoms with van der Waals surface area (Å²) in [7, 11) is 0. The fourth-order valence-electron chi connectivity index (χ4n) is 1.75. The number of carboxylic acid groups (broad SMARTS) is 1. The molecule has 1 saturated heterocycles. The van der Waals surface area contributed by atoms with Gasteiger partial charge in [0.25, 0.3) is 0 Å². The average Bonchev–Trinajstić information content (AvgIpc) is 2.65. The van der Waals surface area contributed by atoms with E-state index in [1.165, 1.54) is 6.07 Å². The van der Waals surface area contributed by atoms with E-state index >= 15 is 0 Å². The van der Waals surface area contributed by atoms with Gasteiger partial charge in [-0.2, -0.15) is 0 Å². The van der Waals surface area contributed by atoms with E-state index in [9.17, 15) is 4.79 Å². The molecule has 2 N–H and O–H groups in total. The molecule has 16 heavy (non-hydrogen) atoms. The summed E-state index contributed by atoms with van der Waals surface area (Å²) in [6, 6.07) is 5.12. The second-order valence-electron chi connectivity index (χ2n) is 3.83. The Hall–Kier alpha value is -1.62. The van der Waals surface area contributed by atoms with Crippen molar-refractivity contribution in [2.24, 2.45) is 0 Å². The van der Waals surface area contributed by atoms with Crippen LogP contribution in [0.3, 0.4) is 0 Å². The molecule has 0 radical (unpaired) electrons. The Kier molecular flexibility index (Phi) is 3.05. The molecule has 0 bridgehead atoms. The lowest BCUT2D eigenvalue weighted by Crippen LogP contribution is -2.27. The van der Waals surface area contributed by atoms with E-state index in [-0.39, 0.29) is 17.8 Å². The van der Waals surface area contributed by atoms with Crippen LogP contribution in [0.5, 0.6) is 0 Å². The van der Waals surface area contributed by atoms with E-state index in [2.05, 4.69) is 10.3 Å². The molecular formula is C11H14N2O3. The Labute approximate surface area is 93.5 Å². The van der Waals surface area contributed by atoms with E-state index < -0.39 is 5.97 Å². The number of aromatic carboxylic acids is 1. The number of rotatable bonds is 3. The summed E-state index contributed by atoms with van der Waals surface area (Å²) in [6.45, 7) is 2.73. The predicted molar refractivity (Wildman–Crippen MR) is 58.6 cm³/mol. The number of hydrogen-bond donors (Lipinski definition) is 2. The Morgan fingerprint density at radius 2 is 2.44 bits per heavy atom. The fourth-order valence-corrected chi connectivity index (χ4v) is 1.75. The first-order chi connectivity index (χ1) is 7.66. The van der Waals surface area contributed by atoms with Crippen LogP contribution in [0.4, 0.5) is 5.82 Å². The highest BCUT2D eigenvalue weighted by Gasteiger charge is 2.24. The maximum Gasteiger partial charge on any atom is 0.354 e.